The van der Waals surface area contributed by atoms with E-state index in [1.54, 1.807) is 22.8 Å². The summed E-state index contributed by atoms with van der Waals surface area (Å²) in [4.78, 5) is 40.4. The van der Waals surface area contributed by atoms with Gasteiger partial charge in [0, 0.05) is 29.7 Å². The van der Waals surface area contributed by atoms with E-state index in [1.165, 1.54) is 25.0 Å². The van der Waals surface area contributed by atoms with Crippen molar-refractivity contribution >= 4 is 40.3 Å². The number of aryl methyl sites for hydroxylation is 1. The molecule has 0 aliphatic rings. The van der Waals surface area contributed by atoms with Crippen molar-refractivity contribution in [1.29, 1.82) is 0 Å². The van der Waals surface area contributed by atoms with Crippen molar-refractivity contribution in [2.75, 3.05) is 6.61 Å². The smallest absolute Gasteiger partial charge is 0.332 e. The predicted molar refractivity (Wildman–Crippen MR) is 101 cm³/mol. The second-order valence-corrected chi connectivity index (χ2v) is 6.73. The lowest BCUT2D eigenvalue weighted by Gasteiger charge is -2.09. The maximum atomic E-state index is 12.3. The number of fused-ring (bicyclic) bond motifs is 1. The fourth-order valence-corrected chi connectivity index (χ4v) is 3.25. The van der Waals surface area contributed by atoms with Crippen LogP contribution in [0.3, 0.4) is 0 Å². The molecule has 3 rings (SSSR count). The van der Waals surface area contributed by atoms with Crippen molar-refractivity contribution in [3.63, 3.8) is 0 Å². The highest BCUT2D eigenvalue weighted by Gasteiger charge is 2.15. The van der Waals surface area contributed by atoms with Crippen LogP contribution in [0.2, 0.25) is 10.0 Å². The van der Waals surface area contributed by atoms with E-state index in [4.69, 9.17) is 27.9 Å². The average molecular weight is 411 g/mol. The fourth-order valence-electron chi connectivity index (χ4n) is 2.72. The van der Waals surface area contributed by atoms with Gasteiger partial charge in [0.2, 0.25) is 0 Å². The second kappa shape index (κ2) is 7.58. The third-order valence-corrected chi connectivity index (χ3v) is 4.90. The first-order chi connectivity index (χ1) is 12.8. The van der Waals surface area contributed by atoms with Crippen LogP contribution >= 0.6 is 23.2 Å². The van der Waals surface area contributed by atoms with Crippen LogP contribution in [0.25, 0.3) is 11.2 Å². The zero-order chi connectivity index (χ0) is 19.7. The van der Waals surface area contributed by atoms with Crippen LogP contribution in [-0.4, -0.2) is 31.3 Å². The molecule has 0 fully saturated rings. The van der Waals surface area contributed by atoms with Gasteiger partial charge in [-0.2, -0.15) is 0 Å². The van der Waals surface area contributed by atoms with Gasteiger partial charge in [-0.05, 0) is 12.1 Å². The number of carbonyl (C=O) groups excluding carboxylic acids is 1. The lowest BCUT2D eigenvalue weighted by molar-refractivity contribution is -0.143. The molecule has 0 bridgehead atoms. The number of aromatic nitrogens is 4. The summed E-state index contributed by atoms with van der Waals surface area (Å²) >= 11 is 12.1. The molecule has 1 aromatic carbocycles. The van der Waals surface area contributed by atoms with E-state index in [2.05, 4.69) is 4.98 Å². The van der Waals surface area contributed by atoms with Crippen LogP contribution in [0, 0.1) is 0 Å². The van der Waals surface area contributed by atoms with Crippen molar-refractivity contribution in [3.05, 3.63) is 61.0 Å². The summed E-state index contributed by atoms with van der Waals surface area (Å²) in [5, 5.41) is 0.786. The van der Waals surface area contributed by atoms with E-state index in [0.29, 0.717) is 15.6 Å². The monoisotopic (exact) mass is 410 g/mol. The van der Waals surface area contributed by atoms with Gasteiger partial charge >= 0.3 is 11.7 Å². The van der Waals surface area contributed by atoms with Crippen LogP contribution in [0.4, 0.5) is 0 Å². The molecular formula is C17H16Cl2N4O4. The maximum Gasteiger partial charge on any atom is 0.332 e. The lowest BCUT2D eigenvalue weighted by atomic mass is 10.1. The minimum Gasteiger partial charge on any atom is -0.464 e. The van der Waals surface area contributed by atoms with Crippen molar-refractivity contribution in [2.24, 2.45) is 14.1 Å². The normalized spacial score (nSPS) is 11.1. The van der Waals surface area contributed by atoms with Crippen LogP contribution < -0.4 is 11.2 Å². The molecule has 0 unspecified atom stereocenters. The zero-order valence-electron chi connectivity index (χ0n) is 14.6. The molecule has 10 heteroatoms. The molecule has 2 heterocycles. The molecule has 8 nitrogen and oxygen atoms in total. The van der Waals surface area contributed by atoms with Crippen molar-refractivity contribution in [2.45, 2.75) is 13.0 Å². The van der Waals surface area contributed by atoms with E-state index >= 15 is 0 Å². The number of hydrogen-bond acceptors (Lipinski definition) is 5. The van der Waals surface area contributed by atoms with Gasteiger partial charge in [-0.1, -0.05) is 29.3 Å². The molecule has 3 aromatic rings. The quantitative estimate of drug-likeness (QED) is 0.595. The number of hydrogen-bond donors (Lipinski definition) is 0. The van der Waals surface area contributed by atoms with E-state index in [9.17, 15) is 14.4 Å². The Balaban J connectivity index is 1.72. The molecule has 0 spiro atoms. The van der Waals surface area contributed by atoms with E-state index in [1.807, 2.05) is 0 Å². The Morgan fingerprint density at radius 1 is 1.15 bits per heavy atom. The van der Waals surface area contributed by atoms with Crippen LogP contribution in [0.15, 0.2) is 34.1 Å². The average Bonchev–Trinajstić information content (AvgIpc) is 3.05. The number of imidazole rings is 1. The first kappa shape index (κ1) is 19.2. The van der Waals surface area contributed by atoms with Gasteiger partial charge in [0.1, 0.15) is 6.61 Å². The molecule has 0 aliphatic heterocycles. The van der Waals surface area contributed by atoms with Gasteiger partial charge in [-0.3, -0.25) is 18.7 Å². The van der Waals surface area contributed by atoms with E-state index in [0.717, 1.165) is 4.57 Å². The largest absolute Gasteiger partial charge is 0.464 e. The Kier molecular flexibility index (Phi) is 5.38. The zero-order valence-corrected chi connectivity index (χ0v) is 16.1. The van der Waals surface area contributed by atoms with Crippen LogP contribution in [0.5, 0.6) is 0 Å². The summed E-state index contributed by atoms with van der Waals surface area (Å²) in [6.07, 6.45) is 1.38. The highest BCUT2D eigenvalue weighted by atomic mass is 35.5. The second-order valence-electron chi connectivity index (χ2n) is 5.91. The Labute approximate surface area is 163 Å². The number of ether oxygens (including phenoxy) is 1. The third kappa shape index (κ3) is 3.63. The maximum absolute atomic E-state index is 12.3. The minimum atomic E-state index is -0.491. The summed E-state index contributed by atoms with van der Waals surface area (Å²) in [6.45, 7) is 0.240. The first-order valence-electron chi connectivity index (χ1n) is 8.00. The molecule has 0 atom stereocenters. The number of esters is 1. The Hall–Kier alpha value is -2.58. The van der Waals surface area contributed by atoms with Gasteiger partial charge in [0.05, 0.1) is 19.3 Å². The van der Waals surface area contributed by atoms with Gasteiger partial charge in [0.25, 0.3) is 5.56 Å². The molecule has 0 saturated heterocycles. The summed E-state index contributed by atoms with van der Waals surface area (Å²) < 4.78 is 9.06. The van der Waals surface area contributed by atoms with Crippen LogP contribution in [0.1, 0.15) is 5.56 Å². The predicted octanol–water partition coefficient (Wildman–Crippen LogP) is 1.53. The highest BCUT2D eigenvalue weighted by Crippen LogP contribution is 2.24. The number of benzene rings is 1. The highest BCUT2D eigenvalue weighted by molar-refractivity contribution is 6.36. The van der Waals surface area contributed by atoms with Gasteiger partial charge < -0.3 is 9.30 Å². The molecule has 2 aromatic heterocycles. The van der Waals surface area contributed by atoms with Gasteiger partial charge in [-0.15, -0.1) is 0 Å². The standard InChI is InChI=1S/C17H16Cl2N4O4/c1-21-15-14(16(25)22(2)17(21)26)23(9-20-15)6-7-27-13(24)8-10-11(18)4-3-5-12(10)19/h3-5,9H,6-8H2,1-2H3. The van der Waals surface area contributed by atoms with Crippen molar-refractivity contribution in [1.82, 2.24) is 18.7 Å². The van der Waals surface area contributed by atoms with Crippen molar-refractivity contribution in [3.8, 4) is 0 Å². The molecular weight excluding hydrogens is 395 g/mol. The molecule has 142 valence electrons. The van der Waals surface area contributed by atoms with E-state index < -0.39 is 17.2 Å². The number of nitrogens with zero attached hydrogens (tertiary/aromatic N) is 4. The molecule has 0 saturated carbocycles. The molecule has 0 radical (unpaired) electrons. The summed E-state index contributed by atoms with van der Waals surface area (Å²) in [5.41, 5.74) is 0.130. The Bertz CT molecular complexity index is 1130. The summed E-state index contributed by atoms with van der Waals surface area (Å²) in [6, 6.07) is 4.99. The molecule has 0 amide bonds. The number of halogens is 2. The number of carbonyl (C=O) groups is 1. The van der Waals surface area contributed by atoms with E-state index in [-0.39, 0.29) is 30.7 Å². The Morgan fingerprint density at radius 3 is 2.48 bits per heavy atom. The van der Waals surface area contributed by atoms with Crippen LogP contribution in [-0.2, 0) is 36.6 Å². The van der Waals surface area contributed by atoms with Gasteiger partial charge in [-0.25, -0.2) is 9.78 Å². The molecule has 27 heavy (non-hydrogen) atoms. The molecule has 0 N–H and O–H groups in total. The SMILES string of the molecule is Cn1c(=O)c2c(ncn2CCOC(=O)Cc2c(Cl)cccc2Cl)n(C)c1=O. The van der Waals surface area contributed by atoms with Crippen molar-refractivity contribution < 1.29 is 9.53 Å². The lowest BCUT2D eigenvalue weighted by Crippen LogP contribution is -2.37. The topological polar surface area (TPSA) is 88.1 Å². The molecule has 0 aliphatic carbocycles. The van der Waals surface area contributed by atoms with Gasteiger partial charge in [0.15, 0.2) is 11.2 Å². The minimum absolute atomic E-state index is 0.0262. The third-order valence-electron chi connectivity index (χ3n) is 4.20. The summed E-state index contributed by atoms with van der Waals surface area (Å²) in [5.74, 6) is -0.491. The number of rotatable bonds is 5. The Morgan fingerprint density at radius 2 is 1.81 bits per heavy atom. The first-order valence-corrected chi connectivity index (χ1v) is 8.76. The summed E-state index contributed by atoms with van der Waals surface area (Å²) in [7, 11) is 2.93. The fraction of sp³-hybridized carbons (Fsp3) is 0.294.